The van der Waals surface area contributed by atoms with Crippen molar-refractivity contribution in [2.45, 2.75) is 20.3 Å². The number of nitrogens with one attached hydrogen (secondary N) is 2. The molecule has 0 saturated carbocycles. The summed E-state index contributed by atoms with van der Waals surface area (Å²) in [5, 5.41) is 8.63. The van der Waals surface area contributed by atoms with Crippen LogP contribution in [0.2, 0.25) is 0 Å². The molecule has 2 aromatic carbocycles. The molecule has 2 aromatic rings. The van der Waals surface area contributed by atoms with Crippen LogP contribution in [0.3, 0.4) is 0 Å². The van der Waals surface area contributed by atoms with Crippen LogP contribution >= 0.6 is 12.2 Å². The lowest BCUT2D eigenvalue weighted by molar-refractivity contribution is -0.120. The average Bonchev–Trinajstić information content (AvgIpc) is 2.66. The van der Waals surface area contributed by atoms with E-state index in [1.54, 1.807) is 7.11 Å². The van der Waals surface area contributed by atoms with E-state index >= 15 is 0 Å². The smallest absolute Gasteiger partial charge is 0.253 e. The SMILES string of the molecule is COc1ccccc1NC(=S)NCCC1C=c2c(C)ccc(C)c2=NC1=O. The molecule has 0 saturated heterocycles. The van der Waals surface area contributed by atoms with Crippen LogP contribution in [0.4, 0.5) is 5.69 Å². The quantitative estimate of drug-likeness (QED) is 0.778. The Morgan fingerprint density at radius 3 is 2.70 bits per heavy atom. The van der Waals surface area contributed by atoms with Gasteiger partial charge in [0.2, 0.25) is 0 Å². The van der Waals surface area contributed by atoms with E-state index in [0.29, 0.717) is 18.1 Å². The third-order valence-electron chi connectivity index (χ3n) is 4.64. The number of ether oxygens (including phenoxy) is 1. The Hall–Kier alpha value is -2.73. The molecule has 3 rings (SSSR count). The second kappa shape index (κ2) is 8.31. The maximum atomic E-state index is 12.4. The molecule has 1 aliphatic rings. The molecule has 0 fully saturated rings. The molecule has 1 unspecified atom stereocenters. The summed E-state index contributed by atoms with van der Waals surface area (Å²) in [6.45, 7) is 4.60. The van der Waals surface area contributed by atoms with Crippen LogP contribution < -0.4 is 25.9 Å². The molecule has 0 bridgehead atoms. The number of thiocarbonyl (C=S) groups is 1. The summed E-state index contributed by atoms with van der Waals surface area (Å²) in [6, 6.07) is 11.6. The van der Waals surface area contributed by atoms with Gasteiger partial charge >= 0.3 is 0 Å². The normalized spacial score (nSPS) is 15.2. The molecule has 2 N–H and O–H groups in total. The minimum Gasteiger partial charge on any atom is -0.495 e. The predicted octanol–water partition coefficient (Wildman–Crippen LogP) is 2.25. The Balaban J connectivity index is 1.62. The van der Waals surface area contributed by atoms with Gasteiger partial charge in [-0.1, -0.05) is 30.3 Å². The number of nitrogens with zero attached hydrogens (tertiary/aromatic N) is 1. The molecule has 0 aromatic heterocycles. The summed E-state index contributed by atoms with van der Waals surface area (Å²) < 4.78 is 5.30. The summed E-state index contributed by atoms with van der Waals surface area (Å²) in [5.74, 6) is 0.389. The van der Waals surface area contributed by atoms with Crippen LogP contribution in [0.25, 0.3) is 6.08 Å². The molecular weight excluding hydrogens is 358 g/mol. The van der Waals surface area contributed by atoms with Crippen molar-refractivity contribution in [3.05, 3.63) is 58.1 Å². The summed E-state index contributed by atoms with van der Waals surface area (Å²) in [4.78, 5) is 16.7. The Morgan fingerprint density at radius 2 is 1.93 bits per heavy atom. The highest BCUT2D eigenvalue weighted by Gasteiger charge is 2.19. The Labute approximate surface area is 164 Å². The van der Waals surface area contributed by atoms with E-state index < -0.39 is 0 Å². The highest BCUT2D eigenvalue weighted by atomic mass is 32.1. The molecule has 5 nitrogen and oxygen atoms in total. The van der Waals surface area contributed by atoms with Crippen molar-refractivity contribution >= 4 is 35.0 Å². The summed E-state index contributed by atoms with van der Waals surface area (Å²) in [7, 11) is 1.62. The third-order valence-corrected chi connectivity index (χ3v) is 4.89. The van der Waals surface area contributed by atoms with Gasteiger partial charge in [0.1, 0.15) is 5.75 Å². The molecule has 1 heterocycles. The minimum absolute atomic E-state index is 0.0957. The molecule has 6 heteroatoms. The van der Waals surface area contributed by atoms with Crippen LogP contribution in [0.5, 0.6) is 5.75 Å². The van der Waals surface area contributed by atoms with Crippen molar-refractivity contribution in [3.8, 4) is 5.75 Å². The topological polar surface area (TPSA) is 62.7 Å². The molecule has 0 aliphatic carbocycles. The number of para-hydroxylation sites is 2. The van der Waals surface area contributed by atoms with E-state index in [-0.39, 0.29) is 11.8 Å². The molecule has 0 spiro atoms. The number of anilines is 1. The van der Waals surface area contributed by atoms with Crippen LogP contribution in [0.15, 0.2) is 41.4 Å². The van der Waals surface area contributed by atoms with Crippen LogP contribution in [0, 0.1) is 19.8 Å². The number of carbonyl (C=O) groups excluding carboxylic acids is 1. The maximum Gasteiger partial charge on any atom is 0.253 e. The molecule has 27 heavy (non-hydrogen) atoms. The van der Waals surface area contributed by atoms with Gasteiger partial charge < -0.3 is 15.4 Å². The monoisotopic (exact) mass is 381 g/mol. The fourth-order valence-electron chi connectivity index (χ4n) is 3.10. The minimum atomic E-state index is -0.237. The van der Waals surface area contributed by atoms with Crippen molar-refractivity contribution in [1.29, 1.82) is 0 Å². The van der Waals surface area contributed by atoms with Gasteiger partial charge in [0.25, 0.3) is 5.91 Å². The van der Waals surface area contributed by atoms with Crippen LogP contribution in [-0.4, -0.2) is 24.7 Å². The summed E-state index contributed by atoms with van der Waals surface area (Å²) in [6.07, 6.45) is 2.66. The number of hydrogen-bond acceptors (Lipinski definition) is 3. The van der Waals surface area contributed by atoms with Gasteiger partial charge in [-0.3, -0.25) is 4.79 Å². The maximum absolute atomic E-state index is 12.4. The van der Waals surface area contributed by atoms with Crippen LogP contribution in [0.1, 0.15) is 17.5 Å². The number of fused-ring (bicyclic) bond motifs is 1. The Kier molecular flexibility index (Phi) is 5.86. The van der Waals surface area contributed by atoms with Gasteiger partial charge in [-0.2, -0.15) is 0 Å². The zero-order valence-electron chi connectivity index (χ0n) is 15.7. The number of hydrogen-bond donors (Lipinski definition) is 2. The van der Waals surface area contributed by atoms with Gasteiger partial charge in [0.15, 0.2) is 5.11 Å². The summed E-state index contributed by atoms with van der Waals surface area (Å²) in [5.41, 5.74) is 2.96. The summed E-state index contributed by atoms with van der Waals surface area (Å²) >= 11 is 5.34. The first-order valence-electron chi connectivity index (χ1n) is 8.88. The molecule has 0 radical (unpaired) electrons. The van der Waals surface area contributed by atoms with E-state index in [1.807, 2.05) is 50.3 Å². The lowest BCUT2D eigenvalue weighted by atomic mass is 9.97. The highest BCUT2D eigenvalue weighted by Crippen LogP contribution is 2.22. The third kappa shape index (κ3) is 4.34. The van der Waals surface area contributed by atoms with Gasteiger partial charge in [0, 0.05) is 11.8 Å². The van der Waals surface area contributed by atoms with Crippen molar-refractivity contribution in [2.75, 3.05) is 19.0 Å². The average molecular weight is 382 g/mol. The largest absolute Gasteiger partial charge is 0.495 e. The fraction of sp³-hybridized carbons (Fsp3) is 0.286. The number of benzene rings is 2. The first-order chi connectivity index (χ1) is 13.0. The zero-order valence-corrected chi connectivity index (χ0v) is 16.5. The highest BCUT2D eigenvalue weighted by molar-refractivity contribution is 7.80. The van der Waals surface area contributed by atoms with Gasteiger partial charge in [-0.25, -0.2) is 4.99 Å². The zero-order chi connectivity index (χ0) is 19.4. The predicted molar refractivity (Wildman–Crippen MR) is 111 cm³/mol. The van der Waals surface area contributed by atoms with Crippen LogP contribution in [-0.2, 0) is 4.79 Å². The van der Waals surface area contributed by atoms with Crippen molar-refractivity contribution < 1.29 is 9.53 Å². The number of aryl methyl sites for hydroxylation is 2. The number of carbonyl (C=O) groups is 1. The fourth-order valence-corrected chi connectivity index (χ4v) is 3.32. The standard InChI is InChI=1S/C21H23N3O2S/c1-13-8-9-14(2)19-16(13)12-15(20(25)24-19)10-11-22-21(27)23-17-6-4-5-7-18(17)26-3/h4-9,12,15H,10-11H2,1-3H3,(H2,22,23,27). The number of methoxy groups -OCH3 is 1. The molecular formula is C21H23N3O2S. The Morgan fingerprint density at radius 1 is 1.19 bits per heavy atom. The van der Waals surface area contributed by atoms with Gasteiger partial charge in [-0.15, -0.1) is 0 Å². The van der Waals surface area contributed by atoms with E-state index in [9.17, 15) is 4.79 Å². The van der Waals surface area contributed by atoms with E-state index in [0.717, 1.165) is 33.1 Å². The number of rotatable bonds is 5. The van der Waals surface area contributed by atoms with E-state index in [2.05, 4.69) is 21.7 Å². The molecule has 1 aliphatic heterocycles. The lowest BCUT2D eigenvalue weighted by Gasteiger charge is -2.16. The van der Waals surface area contributed by atoms with Gasteiger partial charge in [0.05, 0.1) is 24.1 Å². The first kappa shape index (κ1) is 19.0. The van der Waals surface area contributed by atoms with Crippen molar-refractivity contribution in [1.82, 2.24) is 5.32 Å². The van der Waals surface area contributed by atoms with Gasteiger partial charge in [-0.05, 0) is 55.7 Å². The molecule has 1 amide bonds. The first-order valence-corrected chi connectivity index (χ1v) is 9.29. The Bertz CT molecular complexity index is 1000. The van der Waals surface area contributed by atoms with Crippen molar-refractivity contribution in [2.24, 2.45) is 10.9 Å². The van der Waals surface area contributed by atoms with E-state index in [4.69, 9.17) is 17.0 Å². The van der Waals surface area contributed by atoms with E-state index in [1.165, 1.54) is 0 Å². The van der Waals surface area contributed by atoms with Crippen molar-refractivity contribution in [3.63, 3.8) is 0 Å². The number of amides is 1. The molecule has 140 valence electrons. The second-order valence-electron chi connectivity index (χ2n) is 6.55. The second-order valence-corrected chi connectivity index (χ2v) is 6.96. The lowest BCUT2D eigenvalue weighted by Crippen LogP contribution is -2.38. The molecule has 1 atom stereocenters.